The predicted molar refractivity (Wildman–Crippen MR) is 67.5 cm³/mol. The molecular weight excluding hydrogens is 234 g/mol. The van der Waals surface area contributed by atoms with Crippen LogP contribution in [0.3, 0.4) is 0 Å². The molecule has 0 aromatic heterocycles. The highest BCUT2D eigenvalue weighted by Gasteiger charge is 2.04. The molecule has 0 atom stereocenters. The lowest BCUT2D eigenvalue weighted by molar-refractivity contribution is -0.136. The van der Waals surface area contributed by atoms with E-state index in [9.17, 15) is 9.59 Å². The van der Waals surface area contributed by atoms with E-state index in [1.165, 1.54) is 0 Å². The lowest BCUT2D eigenvalue weighted by Gasteiger charge is -2.06. The third-order valence-electron chi connectivity index (χ3n) is 2.32. The van der Waals surface area contributed by atoms with Crippen LogP contribution in [0.5, 0.6) is 0 Å². The van der Waals surface area contributed by atoms with Crippen molar-refractivity contribution in [3.8, 4) is 0 Å². The molecule has 0 aliphatic rings. The zero-order chi connectivity index (χ0) is 13.4. The fourth-order valence-electron chi connectivity index (χ4n) is 1.53. The second kappa shape index (κ2) is 7.45. The normalized spacial score (nSPS) is 10.1. The van der Waals surface area contributed by atoms with Gasteiger partial charge in [0.25, 0.3) is 0 Å². The second-order valence-corrected chi connectivity index (χ2v) is 3.92. The van der Waals surface area contributed by atoms with Crippen LogP contribution in [0.2, 0.25) is 0 Å². The molecule has 5 nitrogen and oxygen atoms in total. The predicted octanol–water partition coefficient (Wildman–Crippen LogP) is 1.68. The van der Waals surface area contributed by atoms with E-state index in [2.05, 4.69) is 5.32 Å². The van der Waals surface area contributed by atoms with E-state index in [0.717, 1.165) is 0 Å². The number of methoxy groups -OCH3 is 1. The van der Waals surface area contributed by atoms with E-state index in [-0.39, 0.29) is 12.3 Å². The summed E-state index contributed by atoms with van der Waals surface area (Å²) in [5.41, 5.74) is 1.29. The fraction of sp³-hybridized carbons (Fsp3) is 0.385. The van der Waals surface area contributed by atoms with Gasteiger partial charge >= 0.3 is 5.97 Å². The maximum atomic E-state index is 11.5. The summed E-state index contributed by atoms with van der Waals surface area (Å²) in [5.74, 6) is -0.988. The zero-order valence-electron chi connectivity index (χ0n) is 10.3. The molecule has 0 bridgehead atoms. The molecule has 0 saturated carbocycles. The largest absolute Gasteiger partial charge is 0.481 e. The van der Waals surface area contributed by atoms with E-state index >= 15 is 0 Å². The van der Waals surface area contributed by atoms with Gasteiger partial charge in [0.15, 0.2) is 0 Å². The Kier molecular flexibility index (Phi) is 5.87. The van der Waals surface area contributed by atoms with Crippen LogP contribution in [-0.4, -0.2) is 30.7 Å². The highest BCUT2D eigenvalue weighted by atomic mass is 16.5. The topological polar surface area (TPSA) is 75.6 Å². The maximum absolute atomic E-state index is 11.5. The number of hydrogen-bond donors (Lipinski definition) is 2. The Labute approximate surface area is 106 Å². The summed E-state index contributed by atoms with van der Waals surface area (Å²) < 4.78 is 4.86. The van der Waals surface area contributed by atoms with Crippen molar-refractivity contribution in [1.29, 1.82) is 0 Å². The molecule has 0 fully saturated rings. The minimum absolute atomic E-state index is 0.0482. The summed E-state index contributed by atoms with van der Waals surface area (Å²) in [7, 11) is 1.59. The first-order chi connectivity index (χ1) is 8.61. The first-order valence-electron chi connectivity index (χ1n) is 5.71. The molecule has 1 rings (SSSR count). The molecule has 1 aromatic rings. The van der Waals surface area contributed by atoms with Crippen molar-refractivity contribution >= 4 is 17.6 Å². The van der Waals surface area contributed by atoms with Gasteiger partial charge in [0.05, 0.1) is 6.42 Å². The van der Waals surface area contributed by atoms with Gasteiger partial charge in [0, 0.05) is 25.8 Å². The molecule has 0 aliphatic carbocycles. The molecule has 98 valence electrons. The van der Waals surface area contributed by atoms with Crippen LogP contribution >= 0.6 is 0 Å². The molecule has 0 heterocycles. The smallest absolute Gasteiger partial charge is 0.307 e. The summed E-state index contributed by atoms with van der Waals surface area (Å²) in [6.45, 7) is 0.548. The molecule has 1 aromatic carbocycles. The molecule has 0 saturated heterocycles. The Morgan fingerprint density at radius 2 is 2.17 bits per heavy atom. The highest BCUT2D eigenvalue weighted by molar-refractivity contribution is 5.90. The van der Waals surface area contributed by atoms with E-state index in [4.69, 9.17) is 9.84 Å². The standard InChI is InChI=1S/C13H17NO4/c1-18-7-3-6-12(15)14-11-5-2-4-10(8-11)9-13(16)17/h2,4-5,8H,3,6-7,9H2,1H3,(H,14,15)(H,16,17). The minimum atomic E-state index is -0.890. The van der Waals surface area contributed by atoms with Crippen LogP contribution in [0.25, 0.3) is 0 Å². The summed E-state index contributed by atoms with van der Waals surface area (Å²) in [5, 5.41) is 11.4. The van der Waals surface area contributed by atoms with Crippen LogP contribution < -0.4 is 5.32 Å². The van der Waals surface area contributed by atoms with Crippen LogP contribution in [0.4, 0.5) is 5.69 Å². The van der Waals surface area contributed by atoms with Gasteiger partial charge in [-0.1, -0.05) is 12.1 Å². The van der Waals surface area contributed by atoms with Crippen LogP contribution in [-0.2, 0) is 20.7 Å². The third-order valence-corrected chi connectivity index (χ3v) is 2.32. The van der Waals surface area contributed by atoms with Crippen molar-refractivity contribution in [2.24, 2.45) is 0 Å². The molecule has 0 radical (unpaired) electrons. The average molecular weight is 251 g/mol. The van der Waals surface area contributed by atoms with Crippen molar-refractivity contribution in [2.75, 3.05) is 19.0 Å². The number of rotatable bonds is 7. The van der Waals surface area contributed by atoms with E-state index in [1.54, 1.807) is 31.4 Å². The van der Waals surface area contributed by atoms with Crippen molar-refractivity contribution < 1.29 is 19.4 Å². The second-order valence-electron chi connectivity index (χ2n) is 3.92. The minimum Gasteiger partial charge on any atom is -0.481 e. The van der Waals surface area contributed by atoms with Crippen molar-refractivity contribution in [2.45, 2.75) is 19.3 Å². The SMILES string of the molecule is COCCCC(=O)Nc1cccc(CC(=O)O)c1. The Balaban J connectivity index is 2.51. The van der Waals surface area contributed by atoms with Crippen molar-refractivity contribution in [1.82, 2.24) is 0 Å². The number of ether oxygens (including phenoxy) is 1. The Morgan fingerprint density at radius 1 is 1.39 bits per heavy atom. The third kappa shape index (κ3) is 5.45. The monoisotopic (exact) mass is 251 g/mol. The van der Waals surface area contributed by atoms with Gasteiger partial charge in [0.1, 0.15) is 0 Å². The van der Waals surface area contributed by atoms with Crippen molar-refractivity contribution in [3.05, 3.63) is 29.8 Å². The molecule has 2 N–H and O–H groups in total. The van der Waals surface area contributed by atoms with E-state index < -0.39 is 5.97 Å². The van der Waals surface area contributed by atoms with Gasteiger partial charge in [-0.2, -0.15) is 0 Å². The van der Waals surface area contributed by atoms with Gasteiger partial charge in [-0.15, -0.1) is 0 Å². The zero-order valence-corrected chi connectivity index (χ0v) is 10.3. The highest BCUT2D eigenvalue weighted by Crippen LogP contribution is 2.11. The summed E-state index contributed by atoms with van der Waals surface area (Å²) in [6, 6.07) is 6.85. The first kappa shape index (κ1) is 14.2. The van der Waals surface area contributed by atoms with E-state index in [0.29, 0.717) is 30.7 Å². The molecule has 0 spiro atoms. The van der Waals surface area contributed by atoms with Gasteiger partial charge in [-0.25, -0.2) is 0 Å². The molecule has 0 aliphatic heterocycles. The molecule has 18 heavy (non-hydrogen) atoms. The fourth-order valence-corrected chi connectivity index (χ4v) is 1.53. The number of amides is 1. The van der Waals surface area contributed by atoms with Crippen LogP contribution in [0, 0.1) is 0 Å². The Hall–Kier alpha value is -1.88. The lowest BCUT2D eigenvalue weighted by Crippen LogP contribution is -2.12. The Morgan fingerprint density at radius 3 is 2.83 bits per heavy atom. The maximum Gasteiger partial charge on any atom is 0.307 e. The molecular formula is C13H17NO4. The number of hydrogen-bond acceptors (Lipinski definition) is 3. The first-order valence-corrected chi connectivity index (χ1v) is 5.71. The summed E-state index contributed by atoms with van der Waals surface area (Å²) >= 11 is 0. The molecule has 1 amide bonds. The molecule has 5 heteroatoms. The number of carboxylic acid groups (broad SMARTS) is 1. The van der Waals surface area contributed by atoms with Gasteiger partial charge in [-0.3, -0.25) is 9.59 Å². The Bertz CT molecular complexity index is 417. The van der Waals surface area contributed by atoms with Crippen LogP contribution in [0.1, 0.15) is 18.4 Å². The number of aliphatic carboxylic acids is 1. The summed E-state index contributed by atoms with van der Waals surface area (Å²) in [6.07, 6.45) is 1.00. The number of nitrogens with one attached hydrogen (secondary N) is 1. The number of carbonyl (C=O) groups is 2. The summed E-state index contributed by atoms with van der Waals surface area (Å²) in [4.78, 5) is 22.1. The van der Waals surface area contributed by atoms with Crippen LogP contribution in [0.15, 0.2) is 24.3 Å². The van der Waals surface area contributed by atoms with Crippen molar-refractivity contribution in [3.63, 3.8) is 0 Å². The average Bonchev–Trinajstić information content (AvgIpc) is 2.28. The quantitative estimate of drug-likeness (QED) is 0.723. The number of anilines is 1. The number of carboxylic acids is 1. The number of benzene rings is 1. The van der Waals surface area contributed by atoms with Gasteiger partial charge in [0.2, 0.25) is 5.91 Å². The molecule has 0 unspecified atom stereocenters. The van der Waals surface area contributed by atoms with E-state index in [1.807, 2.05) is 0 Å². The van der Waals surface area contributed by atoms with Gasteiger partial charge in [-0.05, 0) is 24.1 Å². The van der Waals surface area contributed by atoms with Gasteiger partial charge < -0.3 is 15.2 Å². The number of carbonyl (C=O) groups excluding carboxylic acids is 1. The lowest BCUT2D eigenvalue weighted by atomic mass is 10.1.